The maximum Gasteiger partial charge on any atom is 0.328 e. The fourth-order valence-electron chi connectivity index (χ4n) is 4.08. The molecule has 0 bridgehead atoms. The number of aliphatic carboxylic acids is 1. The summed E-state index contributed by atoms with van der Waals surface area (Å²) in [5.41, 5.74) is 8.02. The summed E-state index contributed by atoms with van der Waals surface area (Å²) in [6.07, 6.45) is 7.03. The Morgan fingerprint density at radius 1 is 0.935 bits per heavy atom. The van der Waals surface area contributed by atoms with Crippen LogP contribution in [0.5, 0.6) is 0 Å². The summed E-state index contributed by atoms with van der Waals surface area (Å²) >= 11 is 0. The minimum atomic E-state index is -0.946. The fraction of sp³-hybridized carbons (Fsp3) is 0.111. The summed E-state index contributed by atoms with van der Waals surface area (Å²) in [7, 11) is 0. The Morgan fingerprint density at radius 2 is 1.68 bits per heavy atom. The van der Waals surface area contributed by atoms with Crippen LogP contribution in [0.25, 0.3) is 28.1 Å². The molecule has 4 nitrogen and oxygen atoms in total. The molecule has 0 unspecified atom stereocenters. The van der Waals surface area contributed by atoms with Crippen molar-refractivity contribution in [3.05, 3.63) is 107 Å². The maximum absolute atomic E-state index is 10.8. The van der Waals surface area contributed by atoms with E-state index < -0.39 is 5.97 Å². The zero-order chi connectivity index (χ0) is 21.2. The second kappa shape index (κ2) is 8.07. The number of fused-ring (bicyclic) bond motifs is 1. The smallest absolute Gasteiger partial charge is 0.328 e. The van der Waals surface area contributed by atoms with E-state index in [9.17, 15) is 4.79 Å². The molecule has 4 heteroatoms. The van der Waals surface area contributed by atoms with Gasteiger partial charge in [-0.05, 0) is 70.4 Å². The van der Waals surface area contributed by atoms with Gasteiger partial charge in [0.05, 0.1) is 11.7 Å². The summed E-state index contributed by atoms with van der Waals surface area (Å²) in [5.74, 6) is -0.401. The minimum absolute atomic E-state index is 0.545. The normalized spacial score (nSPS) is 14.7. The summed E-state index contributed by atoms with van der Waals surface area (Å²) in [6, 6.07) is 25.2. The Labute approximate surface area is 180 Å². The van der Waals surface area contributed by atoms with Gasteiger partial charge in [0.25, 0.3) is 0 Å². The molecule has 1 heterocycles. The largest absolute Gasteiger partial charge is 0.478 e. The summed E-state index contributed by atoms with van der Waals surface area (Å²) in [4.78, 5) is 10.8. The quantitative estimate of drug-likeness (QED) is 0.303. The molecule has 0 radical (unpaired) electrons. The van der Waals surface area contributed by atoms with Gasteiger partial charge in [0.15, 0.2) is 0 Å². The lowest BCUT2D eigenvalue weighted by atomic mass is 9.86. The molecule has 152 valence electrons. The summed E-state index contributed by atoms with van der Waals surface area (Å²) < 4.78 is 0. The van der Waals surface area contributed by atoms with Crippen molar-refractivity contribution in [2.45, 2.75) is 12.8 Å². The van der Waals surface area contributed by atoms with Crippen LogP contribution >= 0.6 is 0 Å². The highest BCUT2D eigenvalue weighted by atomic mass is 16.4. The standard InChI is InChI=1S/C27H22N2O2/c30-25(31)15-8-18-6-9-20(10-7-18)27(22-13-14-24-23(16-22)17-28-29-24)26(21-11-12-21)19-4-2-1-3-5-19/h1-10,13-17,21H,11-12H2,(H,28,29)(H,30,31). The molecule has 0 aliphatic heterocycles. The highest BCUT2D eigenvalue weighted by Crippen LogP contribution is 2.47. The highest BCUT2D eigenvalue weighted by molar-refractivity contribution is 6.01. The number of nitrogens with zero attached hydrogens (tertiary/aromatic N) is 1. The number of carboxylic acid groups (broad SMARTS) is 1. The van der Waals surface area contributed by atoms with E-state index in [-0.39, 0.29) is 0 Å². The number of hydrogen-bond acceptors (Lipinski definition) is 2. The van der Waals surface area contributed by atoms with Crippen LogP contribution in [0.15, 0.2) is 85.1 Å². The molecule has 0 saturated heterocycles. The monoisotopic (exact) mass is 406 g/mol. The molecule has 1 aromatic heterocycles. The van der Waals surface area contributed by atoms with E-state index in [2.05, 4.69) is 70.9 Å². The molecule has 1 aliphatic carbocycles. The molecule has 2 N–H and O–H groups in total. The Bertz CT molecular complexity index is 1290. The van der Waals surface area contributed by atoms with Crippen LogP contribution in [-0.2, 0) is 4.79 Å². The molecule has 0 spiro atoms. The van der Waals surface area contributed by atoms with E-state index in [1.54, 1.807) is 6.08 Å². The van der Waals surface area contributed by atoms with Crippen molar-refractivity contribution in [3.63, 3.8) is 0 Å². The number of allylic oxidation sites excluding steroid dienone is 1. The molecule has 5 rings (SSSR count). The number of benzene rings is 3. The van der Waals surface area contributed by atoms with Crippen molar-refractivity contribution < 1.29 is 9.90 Å². The van der Waals surface area contributed by atoms with E-state index in [0.717, 1.165) is 33.7 Å². The van der Waals surface area contributed by atoms with Crippen LogP contribution in [-0.4, -0.2) is 21.3 Å². The first kappa shape index (κ1) is 19.1. The van der Waals surface area contributed by atoms with E-state index in [4.69, 9.17) is 5.11 Å². The maximum atomic E-state index is 10.8. The van der Waals surface area contributed by atoms with Crippen LogP contribution < -0.4 is 0 Å². The zero-order valence-electron chi connectivity index (χ0n) is 17.0. The Morgan fingerprint density at radius 3 is 2.39 bits per heavy atom. The second-order valence-corrected chi connectivity index (χ2v) is 7.89. The molecular weight excluding hydrogens is 384 g/mol. The first-order chi connectivity index (χ1) is 15.2. The third-order valence-corrected chi connectivity index (χ3v) is 5.69. The van der Waals surface area contributed by atoms with Gasteiger partial charge in [0.2, 0.25) is 0 Å². The van der Waals surface area contributed by atoms with Gasteiger partial charge in [-0.3, -0.25) is 5.10 Å². The molecule has 0 amide bonds. The minimum Gasteiger partial charge on any atom is -0.478 e. The van der Waals surface area contributed by atoms with E-state index >= 15 is 0 Å². The molecule has 1 saturated carbocycles. The molecule has 1 aliphatic rings. The van der Waals surface area contributed by atoms with Crippen LogP contribution in [0.3, 0.4) is 0 Å². The molecule has 3 aromatic carbocycles. The number of carbonyl (C=O) groups is 1. The average Bonchev–Trinajstić information content (AvgIpc) is 3.52. The number of H-pyrrole nitrogens is 1. The molecule has 1 fully saturated rings. The average molecular weight is 406 g/mol. The molecule has 0 atom stereocenters. The van der Waals surface area contributed by atoms with E-state index in [1.165, 1.54) is 29.6 Å². The first-order valence-electron chi connectivity index (χ1n) is 10.4. The number of aromatic amines is 1. The van der Waals surface area contributed by atoms with E-state index in [0.29, 0.717) is 5.92 Å². The number of hydrogen-bond donors (Lipinski definition) is 2. The fourth-order valence-corrected chi connectivity index (χ4v) is 4.08. The van der Waals surface area contributed by atoms with Gasteiger partial charge in [-0.15, -0.1) is 0 Å². The third kappa shape index (κ3) is 4.05. The number of rotatable bonds is 6. The Hall–Kier alpha value is -3.92. The van der Waals surface area contributed by atoms with Crippen molar-refractivity contribution in [2.75, 3.05) is 0 Å². The van der Waals surface area contributed by atoms with Crippen LogP contribution in [0.1, 0.15) is 35.1 Å². The van der Waals surface area contributed by atoms with Gasteiger partial charge >= 0.3 is 5.97 Å². The number of aromatic nitrogens is 2. The lowest BCUT2D eigenvalue weighted by Gasteiger charge is -2.17. The second-order valence-electron chi connectivity index (χ2n) is 7.89. The zero-order valence-corrected chi connectivity index (χ0v) is 17.0. The Balaban J connectivity index is 1.70. The predicted octanol–water partition coefficient (Wildman–Crippen LogP) is 6.03. The van der Waals surface area contributed by atoms with Crippen molar-refractivity contribution in [3.8, 4) is 0 Å². The lowest BCUT2D eigenvalue weighted by Crippen LogP contribution is -1.97. The van der Waals surface area contributed by atoms with Crippen molar-refractivity contribution in [1.82, 2.24) is 10.2 Å². The van der Waals surface area contributed by atoms with Crippen molar-refractivity contribution in [1.29, 1.82) is 0 Å². The predicted molar refractivity (Wildman–Crippen MR) is 124 cm³/mol. The Kier molecular flexibility index (Phi) is 4.97. The van der Waals surface area contributed by atoms with Crippen LogP contribution in [0.4, 0.5) is 0 Å². The third-order valence-electron chi connectivity index (χ3n) is 5.69. The van der Waals surface area contributed by atoms with Crippen molar-refractivity contribution >= 4 is 34.1 Å². The SMILES string of the molecule is O=C(O)C=Cc1ccc(C(=C(c2ccccc2)C2CC2)c2ccc3[nH]ncc3c2)cc1. The topological polar surface area (TPSA) is 66.0 Å². The van der Waals surface area contributed by atoms with Gasteiger partial charge in [-0.2, -0.15) is 5.10 Å². The van der Waals surface area contributed by atoms with Crippen LogP contribution in [0.2, 0.25) is 0 Å². The van der Waals surface area contributed by atoms with Crippen LogP contribution in [0, 0.1) is 5.92 Å². The highest BCUT2D eigenvalue weighted by Gasteiger charge is 2.30. The van der Waals surface area contributed by atoms with Gasteiger partial charge in [-0.25, -0.2) is 4.79 Å². The van der Waals surface area contributed by atoms with E-state index in [1.807, 2.05) is 18.3 Å². The number of carboxylic acids is 1. The first-order valence-corrected chi connectivity index (χ1v) is 10.4. The van der Waals surface area contributed by atoms with Crippen molar-refractivity contribution in [2.24, 2.45) is 5.92 Å². The van der Waals surface area contributed by atoms with Gasteiger partial charge < -0.3 is 5.11 Å². The summed E-state index contributed by atoms with van der Waals surface area (Å²) in [5, 5.41) is 17.2. The van der Waals surface area contributed by atoms with Gasteiger partial charge in [0, 0.05) is 11.5 Å². The molecule has 4 aromatic rings. The summed E-state index contributed by atoms with van der Waals surface area (Å²) in [6.45, 7) is 0. The van der Waals surface area contributed by atoms with Gasteiger partial charge in [-0.1, -0.05) is 60.7 Å². The lowest BCUT2D eigenvalue weighted by molar-refractivity contribution is -0.131. The molecular formula is C27H22N2O2. The molecule has 31 heavy (non-hydrogen) atoms. The van der Waals surface area contributed by atoms with Gasteiger partial charge in [0.1, 0.15) is 0 Å². The number of nitrogens with one attached hydrogen (secondary N) is 1.